The van der Waals surface area contributed by atoms with E-state index in [0.29, 0.717) is 5.04 Å². The summed E-state index contributed by atoms with van der Waals surface area (Å²) in [6.45, 7) is 14.8. The lowest BCUT2D eigenvalue weighted by Gasteiger charge is -2.37. The van der Waals surface area contributed by atoms with E-state index in [1.54, 1.807) is 0 Å². The molecule has 1 aliphatic heterocycles. The first-order valence-electron chi connectivity index (χ1n) is 5.69. The third-order valence-electron chi connectivity index (χ3n) is 3.61. The highest BCUT2D eigenvalue weighted by molar-refractivity contribution is 6.74. The van der Waals surface area contributed by atoms with Crippen LogP contribution in [0.3, 0.4) is 0 Å². The van der Waals surface area contributed by atoms with Gasteiger partial charge in [-0.25, -0.2) is 0 Å². The zero-order chi connectivity index (χ0) is 10.8. The van der Waals surface area contributed by atoms with Crippen LogP contribution in [0.1, 0.15) is 33.6 Å². The van der Waals surface area contributed by atoms with Gasteiger partial charge >= 0.3 is 0 Å². The molecule has 0 amide bonds. The van der Waals surface area contributed by atoms with Crippen molar-refractivity contribution in [2.45, 2.75) is 51.7 Å². The lowest BCUT2D eigenvalue weighted by molar-refractivity contribution is 0.138. The lowest BCUT2D eigenvalue weighted by atomic mass is 10.2. The second kappa shape index (κ2) is 4.33. The molecule has 1 saturated heterocycles. The Morgan fingerprint density at radius 2 is 1.64 bits per heavy atom. The van der Waals surface area contributed by atoms with Crippen molar-refractivity contribution in [2.75, 3.05) is 19.8 Å². The van der Waals surface area contributed by atoms with E-state index in [9.17, 15) is 0 Å². The van der Waals surface area contributed by atoms with Crippen LogP contribution < -0.4 is 0 Å². The maximum atomic E-state index is 6.14. The normalized spacial score (nSPS) is 20.4. The molecular weight excluding hydrogens is 190 g/mol. The molecule has 1 aliphatic rings. The third kappa shape index (κ3) is 3.07. The van der Waals surface area contributed by atoms with Crippen LogP contribution in [0.4, 0.5) is 0 Å². The van der Waals surface area contributed by atoms with E-state index in [1.807, 2.05) is 0 Å². The van der Waals surface area contributed by atoms with E-state index in [-0.39, 0.29) is 0 Å². The van der Waals surface area contributed by atoms with Gasteiger partial charge in [-0.3, -0.25) is 4.90 Å². The molecule has 84 valence electrons. The molecule has 0 atom stereocenters. The van der Waals surface area contributed by atoms with E-state index in [0.717, 1.165) is 6.73 Å². The molecule has 1 heterocycles. The van der Waals surface area contributed by atoms with Crippen molar-refractivity contribution in [3.05, 3.63) is 0 Å². The largest absolute Gasteiger partial charge is 0.404 e. The predicted molar refractivity (Wildman–Crippen MR) is 64.0 cm³/mol. The molecular formula is C11H25NOSi. The fraction of sp³-hybridized carbons (Fsp3) is 1.00. The highest BCUT2D eigenvalue weighted by Crippen LogP contribution is 2.36. The van der Waals surface area contributed by atoms with Gasteiger partial charge in [-0.1, -0.05) is 20.8 Å². The molecule has 2 nitrogen and oxygen atoms in total. The molecule has 1 rings (SSSR count). The van der Waals surface area contributed by atoms with E-state index in [1.165, 1.54) is 25.9 Å². The van der Waals surface area contributed by atoms with E-state index in [2.05, 4.69) is 38.8 Å². The summed E-state index contributed by atoms with van der Waals surface area (Å²) in [7, 11) is -1.51. The first-order valence-corrected chi connectivity index (χ1v) is 8.60. The molecule has 0 bridgehead atoms. The second-order valence-electron chi connectivity index (χ2n) is 5.86. The average Bonchev–Trinajstić information content (AvgIpc) is 2.50. The number of rotatable bonds is 3. The summed E-state index contributed by atoms with van der Waals surface area (Å²) in [5.74, 6) is 0. The van der Waals surface area contributed by atoms with Gasteiger partial charge in [0.25, 0.3) is 0 Å². The maximum Gasteiger partial charge on any atom is 0.193 e. The van der Waals surface area contributed by atoms with Crippen LogP contribution in [0.15, 0.2) is 0 Å². The molecule has 3 heteroatoms. The van der Waals surface area contributed by atoms with E-state index >= 15 is 0 Å². The van der Waals surface area contributed by atoms with Crippen molar-refractivity contribution >= 4 is 8.32 Å². The molecule has 14 heavy (non-hydrogen) atoms. The SMILES string of the molecule is CC(C)(C)[Si](C)(C)OCN1CCCC1. The average molecular weight is 215 g/mol. The monoisotopic (exact) mass is 215 g/mol. The molecule has 0 unspecified atom stereocenters. The minimum absolute atomic E-state index is 0.340. The topological polar surface area (TPSA) is 12.5 Å². The van der Waals surface area contributed by atoms with Gasteiger partial charge in [-0.2, -0.15) is 0 Å². The van der Waals surface area contributed by atoms with Gasteiger partial charge in [0.2, 0.25) is 0 Å². The number of hydrogen-bond acceptors (Lipinski definition) is 2. The molecule has 0 N–H and O–H groups in total. The van der Waals surface area contributed by atoms with Crippen LogP contribution in [0.25, 0.3) is 0 Å². The van der Waals surface area contributed by atoms with Crippen molar-refractivity contribution in [3.63, 3.8) is 0 Å². The summed E-state index contributed by atoms with van der Waals surface area (Å²) in [5.41, 5.74) is 0. The van der Waals surface area contributed by atoms with Gasteiger partial charge in [0.15, 0.2) is 8.32 Å². The van der Waals surface area contributed by atoms with Crippen molar-refractivity contribution in [3.8, 4) is 0 Å². The minimum atomic E-state index is -1.51. The van der Waals surface area contributed by atoms with Crippen LogP contribution in [-0.2, 0) is 4.43 Å². The number of nitrogens with zero attached hydrogens (tertiary/aromatic N) is 1. The molecule has 0 aromatic heterocycles. The van der Waals surface area contributed by atoms with Crippen LogP contribution in [0.5, 0.6) is 0 Å². The Hall–Kier alpha value is 0.137. The maximum absolute atomic E-state index is 6.14. The standard InChI is InChI=1S/C11H25NOSi/c1-11(2,3)14(4,5)13-10-12-8-6-7-9-12/h6-10H2,1-5H3. The Kier molecular flexibility index (Phi) is 3.78. The quantitative estimate of drug-likeness (QED) is 0.671. The fourth-order valence-electron chi connectivity index (χ4n) is 1.38. The van der Waals surface area contributed by atoms with Gasteiger partial charge in [-0.15, -0.1) is 0 Å². The van der Waals surface area contributed by atoms with Gasteiger partial charge < -0.3 is 4.43 Å². The molecule has 1 fully saturated rings. The minimum Gasteiger partial charge on any atom is -0.404 e. The predicted octanol–water partition coefficient (Wildman–Crippen LogP) is 3.06. The number of hydrogen-bond donors (Lipinski definition) is 0. The van der Waals surface area contributed by atoms with E-state index < -0.39 is 8.32 Å². The molecule has 0 aromatic rings. The Bertz CT molecular complexity index is 180. The number of likely N-dealkylation sites (tertiary alicyclic amines) is 1. The Balaban J connectivity index is 2.35. The van der Waals surface area contributed by atoms with Crippen LogP contribution in [0.2, 0.25) is 18.1 Å². The van der Waals surface area contributed by atoms with Crippen molar-refractivity contribution in [1.82, 2.24) is 4.90 Å². The zero-order valence-corrected chi connectivity index (χ0v) is 11.4. The molecule has 0 radical (unpaired) electrons. The molecule has 0 saturated carbocycles. The first kappa shape index (κ1) is 12.2. The first-order chi connectivity index (χ1) is 6.33. The summed E-state index contributed by atoms with van der Waals surface area (Å²) >= 11 is 0. The van der Waals surface area contributed by atoms with Crippen molar-refractivity contribution in [2.24, 2.45) is 0 Å². The van der Waals surface area contributed by atoms with E-state index in [4.69, 9.17) is 4.43 Å². The van der Waals surface area contributed by atoms with Gasteiger partial charge in [0.1, 0.15) is 0 Å². The summed E-state index contributed by atoms with van der Waals surface area (Å²) in [4.78, 5) is 2.43. The Morgan fingerprint density at radius 3 is 2.07 bits per heavy atom. The third-order valence-corrected chi connectivity index (χ3v) is 8.08. The molecule has 0 aromatic carbocycles. The summed E-state index contributed by atoms with van der Waals surface area (Å²) in [6.07, 6.45) is 2.70. The molecule has 0 aliphatic carbocycles. The van der Waals surface area contributed by atoms with Crippen LogP contribution in [-0.4, -0.2) is 33.0 Å². The summed E-state index contributed by atoms with van der Waals surface area (Å²) in [5, 5.41) is 0.340. The van der Waals surface area contributed by atoms with Gasteiger partial charge in [0, 0.05) is 13.1 Å². The second-order valence-corrected chi connectivity index (χ2v) is 10.7. The Labute approximate surface area is 89.8 Å². The smallest absolute Gasteiger partial charge is 0.193 e. The van der Waals surface area contributed by atoms with Crippen LogP contribution in [0, 0.1) is 0 Å². The lowest BCUT2D eigenvalue weighted by Crippen LogP contribution is -2.43. The zero-order valence-electron chi connectivity index (χ0n) is 10.4. The van der Waals surface area contributed by atoms with Crippen molar-refractivity contribution in [1.29, 1.82) is 0 Å². The summed E-state index contributed by atoms with van der Waals surface area (Å²) in [6, 6.07) is 0. The fourth-order valence-corrected chi connectivity index (χ4v) is 2.32. The van der Waals surface area contributed by atoms with Crippen LogP contribution >= 0.6 is 0 Å². The van der Waals surface area contributed by atoms with Gasteiger partial charge in [-0.05, 0) is 31.0 Å². The highest BCUT2D eigenvalue weighted by atomic mass is 28.4. The van der Waals surface area contributed by atoms with Gasteiger partial charge in [0.05, 0.1) is 6.73 Å². The molecule has 0 spiro atoms. The summed E-state index contributed by atoms with van der Waals surface area (Å²) < 4.78 is 6.14. The highest BCUT2D eigenvalue weighted by Gasteiger charge is 2.37. The van der Waals surface area contributed by atoms with Crippen molar-refractivity contribution < 1.29 is 4.43 Å². The Morgan fingerprint density at radius 1 is 1.14 bits per heavy atom.